The van der Waals surface area contributed by atoms with Gasteiger partial charge in [-0.2, -0.15) is 0 Å². The van der Waals surface area contributed by atoms with Gasteiger partial charge in [0.15, 0.2) is 0 Å². The minimum Gasteiger partial charge on any atom is -0.478 e. The fraction of sp³-hybridized carbons (Fsp3) is 0.357. The highest BCUT2D eigenvalue weighted by Crippen LogP contribution is 2.22. The highest BCUT2D eigenvalue weighted by Gasteiger charge is 2.20. The van der Waals surface area contributed by atoms with Crippen molar-refractivity contribution in [3.63, 3.8) is 0 Å². The number of carbonyl (C=O) groups is 1. The average Bonchev–Trinajstić information content (AvgIpc) is 2.46. The Bertz CT molecular complexity index is 670. The summed E-state index contributed by atoms with van der Waals surface area (Å²) in [5, 5.41) is 9.04. The summed E-state index contributed by atoms with van der Waals surface area (Å²) in [5.74, 6) is -0.879. The molecular formula is C14H16BrNO4S. The molecule has 7 heteroatoms. The maximum atomic E-state index is 12.2. The van der Waals surface area contributed by atoms with Gasteiger partial charge in [-0.3, -0.25) is 0 Å². The Morgan fingerprint density at radius 1 is 1.38 bits per heavy atom. The van der Waals surface area contributed by atoms with Crippen LogP contribution in [0.2, 0.25) is 0 Å². The Hall–Kier alpha value is -1.18. The monoisotopic (exact) mass is 373 g/mol. The van der Waals surface area contributed by atoms with Crippen molar-refractivity contribution in [2.45, 2.75) is 24.2 Å². The first-order valence-corrected chi connectivity index (χ1v) is 8.85. The molecule has 0 fully saturated rings. The zero-order valence-corrected chi connectivity index (χ0v) is 13.7. The van der Waals surface area contributed by atoms with Crippen molar-refractivity contribution in [3.05, 3.63) is 40.4 Å². The van der Waals surface area contributed by atoms with E-state index in [-0.39, 0.29) is 10.5 Å². The number of sulfonamides is 1. The van der Waals surface area contributed by atoms with Crippen LogP contribution in [0, 0.1) is 5.92 Å². The summed E-state index contributed by atoms with van der Waals surface area (Å²) in [6.45, 7) is 0.366. The van der Waals surface area contributed by atoms with Crippen molar-refractivity contribution in [1.82, 2.24) is 4.72 Å². The SMILES string of the molecule is O=C(O)c1cc(S(=O)(=O)NCC2CC=CCC2)ccc1Br. The molecule has 1 aliphatic carbocycles. The molecule has 1 aromatic rings. The van der Waals surface area contributed by atoms with Gasteiger partial charge in [0.1, 0.15) is 0 Å². The van der Waals surface area contributed by atoms with E-state index in [1.165, 1.54) is 12.1 Å². The molecule has 2 rings (SSSR count). The number of hydrogen-bond acceptors (Lipinski definition) is 3. The molecule has 2 N–H and O–H groups in total. The van der Waals surface area contributed by atoms with E-state index in [0.717, 1.165) is 25.3 Å². The second-order valence-corrected chi connectivity index (χ2v) is 7.57. The van der Waals surface area contributed by atoms with E-state index < -0.39 is 16.0 Å². The standard InChI is InChI=1S/C14H16BrNO4S/c15-13-7-6-11(8-12(13)14(17)18)21(19,20)16-9-10-4-2-1-3-5-10/h1-2,6-8,10,16H,3-5,9H2,(H,17,18). The van der Waals surface area contributed by atoms with Crippen LogP contribution >= 0.6 is 15.9 Å². The third-order valence-corrected chi connectivity index (χ3v) is 5.53. The summed E-state index contributed by atoms with van der Waals surface area (Å²) in [6.07, 6.45) is 6.94. The molecule has 0 bridgehead atoms. The average molecular weight is 374 g/mol. The van der Waals surface area contributed by atoms with Gasteiger partial charge in [0.25, 0.3) is 0 Å². The van der Waals surface area contributed by atoms with Crippen molar-refractivity contribution in [2.24, 2.45) is 5.92 Å². The summed E-state index contributed by atoms with van der Waals surface area (Å²) in [5.41, 5.74) is -0.0709. The van der Waals surface area contributed by atoms with Gasteiger partial charge in [-0.25, -0.2) is 17.9 Å². The minimum atomic E-state index is -3.69. The molecule has 0 radical (unpaired) electrons. The first-order chi connectivity index (χ1) is 9.90. The van der Waals surface area contributed by atoms with Gasteiger partial charge in [-0.05, 0) is 59.3 Å². The third kappa shape index (κ3) is 4.15. The number of nitrogens with one attached hydrogen (secondary N) is 1. The largest absolute Gasteiger partial charge is 0.478 e. The lowest BCUT2D eigenvalue weighted by molar-refractivity contribution is 0.0695. The number of benzene rings is 1. The van der Waals surface area contributed by atoms with Crippen LogP contribution in [0.4, 0.5) is 0 Å². The Morgan fingerprint density at radius 3 is 2.76 bits per heavy atom. The number of halogens is 1. The minimum absolute atomic E-state index is 0.0329. The van der Waals surface area contributed by atoms with Gasteiger partial charge in [0.05, 0.1) is 10.5 Å². The zero-order valence-electron chi connectivity index (χ0n) is 11.3. The quantitative estimate of drug-likeness (QED) is 0.777. The number of carboxylic acids is 1. The van der Waals surface area contributed by atoms with Crippen LogP contribution in [0.25, 0.3) is 0 Å². The predicted molar refractivity (Wildman–Crippen MR) is 82.8 cm³/mol. The highest BCUT2D eigenvalue weighted by atomic mass is 79.9. The lowest BCUT2D eigenvalue weighted by Crippen LogP contribution is -2.30. The molecule has 0 saturated carbocycles. The molecule has 114 valence electrons. The smallest absolute Gasteiger partial charge is 0.336 e. The molecule has 1 aliphatic rings. The number of carboxylic acid groups (broad SMARTS) is 1. The molecule has 1 unspecified atom stereocenters. The number of hydrogen-bond donors (Lipinski definition) is 2. The first kappa shape index (κ1) is 16.2. The number of aromatic carboxylic acids is 1. The zero-order chi connectivity index (χ0) is 15.5. The number of allylic oxidation sites excluding steroid dienone is 2. The van der Waals surface area contributed by atoms with Gasteiger partial charge in [0.2, 0.25) is 10.0 Å². The fourth-order valence-corrected chi connectivity index (χ4v) is 3.75. The predicted octanol–water partition coefficient (Wildman–Crippen LogP) is 2.78. The lowest BCUT2D eigenvalue weighted by Gasteiger charge is -2.18. The van der Waals surface area contributed by atoms with Crippen LogP contribution in [-0.2, 0) is 10.0 Å². The molecule has 1 aromatic carbocycles. The molecule has 0 heterocycles. The Balaban J connectivity index is 2.13. The summed E-state index contributed by atoms with van der Waals surface area (Å²) in [6, 6.07) is 3.98. The molecule has 1 atom stereocenters. The van der Waals surface area contributed by atoms with E-state index in [2.05, 4.69) is 32.8 Å². The maximum Gasteiger partial charge on any atom is 0.336 e. The second-order valence-electron chi connectivity index (χ2n) is 4.95. The van der Waals surface area contributed by atoms with Crippen LogP contribution in [0.15, 0.2) is 39.7 Å². The molecule has 0 spiro atoms. The Morgan fingerprint density at radius 2 is 2.14 bits per heavy atom. The molecule has 21 heavy (non-hydrogen) atoms. The van der Waals surface area contributed by atoms with Crippen LogP contribution in [0.3, 0.4) is 0 Å². The molecule has 0 aromatic heterocycles. The van der Waals surface area contributed by atoms with Gasteiger partial charge in [0, 0.05) is 11.0 Å². The molecule has 5 nitrogen and oxygen atoms in total. The number of rotatable bonds is 5. The van der Waals surface area contributed by atoms with E-state index in [4.69, 9.17) is 5.11 Å². The van der Waals surface area contributed by atoms with Crippen molar-refractivity contribution in [2.75, 3.05) is 6.54 Å². The van der Waals surface area contributed by atoms with Crippen LogP contribution in [0.5, 0.6) is 0 Å². The fourth-order valence-electron chi connectivity index (χ4n) is 2.19. The normalized spacial score (nSPS) is 18.6. The van der Waals surface area contributed by atoms with E-state index in [1.807, 2.05) is 0 Å². The van der Waals surface area contributed by atoms with Crippen molar-refractivity contribution >= 4 is 31.9 Å². The van der Waals surface area contributed by atoms with E-state index in [1.54, 1.807) is 0 Å². The van der Waals surface area contributed by atoms with Gasteiger partial charge < -0.3 is 5.11 Å². The van der Waals surface area contributed by atoms with Gasteiger partial charge in [-0.15, -0.1) is 0 Å². The molecular weight excluding hydrogens is 358 g/mol. The van der Waals surface area contributed by atoms with Crippen molar-refractivity contribution < 1.29 is 18.3 Å². The summed E-state index contributed by atoms with van der Waals surface area (Å²) in [7, 11) is -3.69. The van der Waals surface area contributed by atoms with E-state index in [9.17, 15) is 13.2 Å². The van der Waals surface area contributed by atoms with Crippen molar-refractivity contribution in [3.8, 4) is 0 Å². The Kier molecular flexibility index (Phi) is 5.18. The van der Waals surface area contributed by atoms with Crippen LogP contribution in [-0.4, -0.2) is 26.0 Å². The topological polar surface area (TPSA) is 83.5 Å². The molecule has 0 aliphatic heterocycles. The van der Waals surface area contributed by atoms with Crippen LogP contribution < -0.4 is 4.72 Å². The van der Waals surface area contributed by atoms with Gasteiger partial charge >= 0.3 is 5.97 Å². The maximum absolute atomic E-state index is 12.2. The van der Waals surface area contributed by atoms with Gasteiger partial charge in [-0.1, -0.05) is 12.2 Å². The molecule has 0 amide bonds. The molecule has 0 saturated heterocycles. The summed E-state index contributed by atoms with van der Waals surface area (Å²) < 4.78 is 27.4. The first-order valence-electron chi connectivity index (χ1n) is 6.57. The lowest BCUT2D eigenvalue weighted by atomic mass is 9.95. The second kappa shape index (κ2) is 6.72. The highest BCUT2D eigenvalue weighted by molar-refractivity contribution is 9.10. The van der Waals surface area contributed by atoms with Crippen molar-refractivity contribution in [1.29, 1.82) is 0 Å². The third-order valence-electron chi connectivity index (χ3n) is 3.42. The summed E-state index contributed by atoms with van der Waals surface area (Å²) >= 11 is 3.10. The van der Waals surface area contributed by atoms with E-state index >= 15 is 0 Å². The Labute approximate surface area is 132 Å². The van der Waals surface area contributed by atoms with E-state index in [0.29, 0.717) is 16.9 Å². The summed E-state index contributed by atoms with van der Waals surface area (Å²) in [4.78, 5) is 11.0. The van der Waals surface area contributed by atoms with Crippen LogP contribution in [0.1, 0.15) is 29.6 Å².